The van der Waals surface area contributed by atoms with E-state index < -0.39 is 28.4 Å². The number of rotatable bonds is 12. The van der Waals surface area contributed by atoms with E-state index in [1.54, 1.807) is 13.2 Å². The van der Waals surface area contributed by atoms with Crippen LogP contribution in [0.2, 0.25) is 0 Å². The first-order chi connectivity index (χ1) is 17.9. The summed E-state index contributed by atoms with van der Waals surface area (Å²) in [5, 5.41) is 3.79. The fraction of sp³-hybridized carbons (Fsp3) is 0.586. The highest BCUT2D eigenvalue weighted by molar-refractivity contribution is 7.91. The number of sulfone groups is 1. The number of hydrogen-bond acceptors (Lipinski definition) is 5. The molecule has 3 N–H and O–H groups in total. The maximum Gasteiger partial charge on any atom is 0.325 e. The zero-order valence-corrected chi connectivity index (χ0v) is 25.1. The molecule has 7 nitrogen and oxygen atoms in total. The van der Waals surface area contributed by atoms with Gasteiger partial charge in [0.25, 0.3) is 0 Å². The van der Waals surface area contributed by atoms with Gasteiger partial charge in [-0.15, -0.1) is 0 Å². The smallest absolute Gasteiger partial charge is 0.325 e. The highest BCUT2D eigenvalue weighted by Gasteiger charge is 2.44. The van der Waals surface area contributed by atoms with Crippen LogP contribution in [0, 0.1) is 0 Å². The molecule has 0 unspecified atom stereocenters. The number of hydrogen-bond donors (Lipinski definition) is 3. The van der Waals surface area contributed by atoms with E-state index in [0.29, 0.717) is 36.1 Å². The van der Waals surface area contributed by atoms with Crippen LogP contribution >= 0.6 is 7.60 Å². The van der Waals surface area contributed by atoms with Gasteiger partial charge in [-0.2, -0.15) is 0 Å². The lowest BCUT2D eigenvalue weighted by atomic mass is 9.73. The summed E-state index contributed by atoms with van der Waals surface area (Å²) in [4.78, 5) is 19.6. The number of methoxy groups -OCH3 is 1. The lowest BCUT2D eigenvalue weighted by molar-refractivity contribution is 0.294. The lowest BCUT2D eigenvalue weighted by Gasteiger charge is -2.36. The number of benzene rings is 2. The molecule has 1 aliphatic rings. The second-order valence-electron chi connectivity index (χ2n) is 10.7. The molecule has 0 radical (unpaired) electrons. The van der Waals surface area contributed by atoms with Crippen LogP contribution < -0.4 is 10.1 Å². The number of ether oxygens (including phenoxy) is 1. The van der Waals surface area contributed by atoms with E-state index in [9.17, 15) is 22.8 Å². The van der Waals surface area contributed by atoms with Gasteiger partial charge < -0.3 is 14.5 Å². The third kappa shape index (κ3) is 6.53. The summed E-state index contributed by atoms with van der Waals surface area (Å²) in [6.07, 6.45) is 4.45. The molecule has 212 valence electrons. The lowest BCUT2D eigenvalue weighted by Crippen LogP contribution is -2.50. The third-order valence-corrected chi connectivity index (χ3v) is 11.3. The van der Waals surface area contributed by atoms with Crippen molar-refractivity contribution in [1.82, 2.24) is 5.32 Å². The van der Waals surface area contributed by atoms with Gasteiger partial charge in [0.05, 0.1) is 30.0 Å². The first kappa shape index (κ1) is 30.8. The first-order valence-corrected chi connectivity index (χ1v) is 17.2. The Bertz CT molecular complexity index is 1240. The van der Waals surface area contributed by atoms with Crippen molar-refractivity contribution in [1.29, 1.82) is 0 Å². The van der Waals surface area contributed by atoms with Crippen LogP contribution in [0.4, 0.5) is 0 Å². The monoisotopic (exact) mass is 565 g/mol. The van der Waals surface area contributed by atoms with Crippen LogP contribution in [-0.2, 0) is 19.8 Å². The molecule has 0 bridgehead atoms. The third-order valence-electron chi connectivity index (χ3n) is 8.52. The molecule has 0 spiro atoms. The molecule has 9 heteroatoms. The summed E-state index contributed by atoms with van der Waals surface area (Å²) in [5.41, 5.74) is 1.11. The number of fused-ring (bicyclic) bond motifs is 1. The highest BCUT2D eigenvalue weighted by atomic mass is 32.2. The van der Waals surface area contributed by atoms with Crippen LogP contribution in [0.3, 0.4) is 0 Å². The fourth-order valence-electron chi connectivity index (χ4n) is 5.95. The molecule has 2 atom stereocenters. The van der Waals surface area contributed by atoms with Crippen LogP contribution in [0.15, 0.2) is 47.4 Å². The van der Waals surface area contributed by atoms with Gasteiger partial charge in [-0.1, -0.05) is 70.9 Å². The summed E-state index contributed by atoms with van der Waals surface area (Å²) in [5.74, 6) is 0.542. The van der Waals surface area contributed by atoms with E-state index >= 15 is 0 Å². The van der Waals surface area contributed by atoms with Gasteiger partial charge in [0.15, 0.2) is 9.84 Å². The Morgan fingerprint density at radius 1 is 1.11 bits per heavy atom. The van der Waals surface area contributed by atoms with Gasteiger partial charge in [-0.05, 0) is 60.8 Å². The summed E-state index contributed by atoms with van der Waals surface area (Å²) < 4.78 is 46.0. The van der Waals surface area contributed by atoms with E-state index in [-0.39, 0.29) is 29.3 Å². The minimum absolute atomic E-state index is 0.00760. The van der Waals surface area contributed by atoms with Gasteiger partial charge >= 0.3 is 7.60 Å². The molecule has 38 heavy (non-hydrogen) atoms. The van der Waals surface area contributed by atoms with Crippen molar-refractivity contribution in [3.8, 4) is 5.75 Å². The van der Waals surface area contributed by atoms with E-state index in [0.717, 1.165) is 24.8 Å². The molecule has 0 aliphatic carbocycles. The van der Waals surface area contributed by atoms with E-state index in [1.165, 1.54) is 0 Å². The molecule has 3 rings (SSSR count). The molecule has 1 aliphatic heterocycles. The molecule has 0 fully saturated rings. The average molecular weight is 566 g/mol. The Hall–Kier alpha value is -1.70. The zero-order valence-electron chi connectivity index (χ0n) is 23.4. The summed E-state index contributed by atoms with van der Waals surface area (Å²) in [6.45, 7) is 8.11. The first-order valence-electron chi connectivity index (χ1n) is 13.7. The quantitative estimate of drug-likeness (QED) is 0.266. The molecule has 0 amide bonds. The second-order valence-corrected chi connectivity index (χ2v) is 14.4. The number of nitrogens with one attached hydrogen (secondary N) is 1. The van der Waals surface area contributed by atoms with Crippen LogP contribution in [-0.4, -0.2) is 42.8 Å². The predicted molar refractivity (Wildman–Crippen MR) is 153 cm³/mol. The van der Waals surface area contributed by atoms with Crippen LogP contribution in [0.25, 0.3) is 0 Å². The second kappa shape index (κ2) is 12.2. The van der Waals surface area contributed by atoms with Crippen molar-refractivity contribution in [3.05, 3.63) is 59.2 Å². The summed E-state index contributed by atoms with van der Waals surface area (Å²) >= 11 is 0. The normalized spacial score (nSPS) is 21.5. The summed E-state index contributed by atoms with van der Waals surface area (Å²) in [7, 11) is -6.38. The maximum atomic E-state index is 14.2. The summed E-state index contributed by atoms with van der Waals surface area (Å²) in [6, 6.07) is 13.1. The van der Waals surface area contributed by atoms with Gasteiger partial charge in [0.1, 0.15) is 5.75 Å². The largest absolute Gasteiger partial charge is 0.496 e. The zero-order chi connectivity index (χ0) is 28.2. The Balaban J connectivity index is 2.32. The molecular formula is C29H44NO6PS. The van der Waals surface area contributed by atoms with Crippen molar-refractivity contribution in [2.75, 3.05) is 19.0 Å². The van der Waals surface area contributed by atoms with Gasteiger partial charge in [-0.25, -0.2) is 8.42 Å². The Labute approximate surface area is 228 Å². The van der Waals surface area contributed by atoms with E-state index in [4.69, 9.17) is 4.74 Å². The Morgan fingerprint density at radius 2 is 1.76 bits per heavy atom. The molecule has 0 saturated heterocycles. The van der Waals surface area contributed by atoms with E-state index in [1.807, 2.05) is 57.2 Å². The van der Waals surface area contributed by atoms with Crippen LogP contribution in [0.5, 0.6) is 5.75 Å². The molecule has 2 aromatic rings. The predicted octanol–water partition coefficient (Wildman–Crippen LogP) is 6.13. The molecule has 0 aromatic heterocycles. The molecular weight excluding hydrogens is 521 g/mol. The SMILES string of the molecule is CCCC[C@]1(CC)CS(=O)(=O)c2cc(C(CC)(CC)CCP(=O)(O)O)c(OC)cc2[C@@H](c2ccccc2)N1. The van der Waals surface area contributed by atoms with Gasteiger partial charge in [-0.3, -0.25) is 9.88 Å². The Morgan fingerprint density at radius 3 is 2.29 bits per heavy atom. The highest BCUT2D eigenvalue weighted by Crippen LogP contribution is 2.49. The standard InChI is InChI=1S/C29H44NO6PS/c1-6-10-16-29(9-4)21-38(34,35)26-20-24(28(7-2,8-3)17-18-37(31,32)33)25(36-5)19-23(26)27(30-29)22-14-12-11-13-15-22/h11-15,19-20,27,30H,6-10,16-18,21H2,1-5H3,(H2,31,32,33)/t27-,29-/m1/s1. The van der Waals surface area contributed by atoms with Crippen molar-refractivity contribution in [3.63, 3.8) is 0 Å². The minimum Gasteiger partial charge on any atom is -0.496 e. The average Bonchev–Trinajstić information content (AvgIpc) is 2.99. The Kier molecular flexibility index (Phi) is 9.92. The topological polar surface area (TPSA) is 113 Å². The molecule has 2 aromatic carbocycles. The van der Waals surface area contributed by atoms with Crippen molar-refractivity contribution in [2.45, 2.75) is 94.5 Å². The maximum absolute atomic E-state index is 14.2. The van der Waals surface area contributed by atoms with Gasteiger partial charge in [0, 0.05) is 11.1 Å². The number of unbranched alkanes of at least 4 members (excludes halogenated alkanes) is 1. The van der Waals surface area contributed by atoms with Crippen molar-refractivity contribution in [2.24, 2.45) is 0 Å². The fourth-order valence-corrected chi connectivity index (χ4v) is 8.82. The van der Waals surface area contributed by atoms with Gasteiger partial charge in [0.2, 0.25) is 0 Å². The minimum atomic E-state index is -4.24. The molecule has 1 heterocycles. The van der Waals surface area contributed by atoms with E-state index in [2.05, 4.69) is 12.2 Å². The van der Waals surface area contributed by atoms with Crippen molar-refractivity contribution < 1.29 is 27.5 Å². The van der Waals surface area contributed by atoms with Crippen LogP contribution in [0.1, 0.15) is 95.4 Å². The van der Waals surface area contributed by atoms with Crippen molar-refractivity contribution >= 4 is 17.4 Å². The molecule has 0 saturated carbocycles.